The van der Waals surface area contributed by atoms with Crippen molar-refractivity contribution in [2.45, 2.75) is 19.9 Å². The number of hydrogen-bond donors (Lipinski definition) is 2. The first-order valence-corrected chi connectivity index (χ1v) is 6.59. The zero-order chi connectivity index (χ0) is 13.2. The summed E-state index contributed by atoms with van der Waals surface area (Å²) in [6.45, 7) is 3.52. The number of nitrogens with one attached hydrogen (secondary N) is 2. The van der Waals surface area contributed by atoms with Crippen LogP contribution in [0.15, 0.2) is 36.4 Å². The van der Waals surface area contributed by atoms with Gasteiger partial charge in [-0.15, -0.1) is 0 Å². The number of anilines is 2. The summed E-state index contributed by atoms with van der Waals surface area (Å²) in [7, 11) is 0. The Morgan fingerprint density at radius 3 is 3.00 bits per heavy atom. The van der Waals surface area contributed by atoms with Gasteiger partial charge in [0, 0.05) is 18.8 Å². The summed E-state index contributed by atoms with van der Waals surface area (Å²) in [4.78, 5) is 0. The third kappa shape index (κ3) is 2.41. The molecule has 0 aliphatic carbocycles. The van der Waals surface area contributed by atoms with E-state index in [4.69, 9.17) is 0 Å². The number of rotatable bonds is 3. The third-order valence-electron chi connectivity index (χ3n) is 3.53. The number of aryl methyl sites for hydroxylation is 1. The Balaban J connectivity index is 1.78. The van der Waals surface area contributed by atoms with E-state index in [1.165, 1.54) is 16.8 Å². The lowest BCUT2D eigenvalue weighted by molar-refractivity contribution is 0.629. The van der Waals surface area contributed by atoms with Gasteiger partial charge in [0.25, 0.3) is 0 Å². The molecule has 0 saturated carbocycles. The molecule has 98 valence electrons. The van der Waals surface area contributed by atoms with Crippen molar-refractivity contribution in [3.8, 4) is 0 Å². The predicted molar refractivity (Wildman–Crippen MR) is 77.1 cm³/mol. The summed E-state index contributed by atoms with van der Waals surface area (Å²) < 4.78 is 13.7. The van der Waals surface area contributed by atoms with E-state index in [9.17, 15) is 4.39 Å². The second kappa shape index (κ2) is 4.92. The molecule has 0 spiro atoms. The minimum Gasteiger partial charge on any atom is -0.384 e. The Hall–Kier alpha value is -2.03. The van der Waals surface area contributed by atoms with E-state index in [2.05, 4.69) is 28.8 Å². The average molecular weight is 256 g/mol. The lowest BCUT2D eigenvalue weighted by atomic mass is 10.1. The molecule has 0 amide bonds. The SMILES string of the molecule is Cc1ccc(NCc2cccc3c2NCC3)c(F)c1. The first-order valence-electron chi connectivity index (χ1n) is 6.59. The average Bonchev–Trinajstić information content (AvgIpc) is 2.86. The predicted octanol–water partition coefficient (Wildman–Crippen LogP) is 3.71. The Morgan fingerprint density at radius 1 is 1.26 bits per heavy atom. The van der Waals surface area contributed by atoms with Crippen molar-refractivity contribution in [3.05, 3.63) is 58.9 Å². The molecule has 0 fully saturated rings. The van der Waals surface area contributed by atoms with Crippen molar-refractivity contribution in [1.82, 2.24) is 0 Å². The first-order chi connectivity index (χ1) is 9.24. The van der Waals surface area contributed by atoms with Crippen molar-refractivity contribution in [1.29, 1.82) is 0 Å². The van der Waals surface area contributed by atoms with Crippen LogP contribution in [0, 0.1) is 12.7 Å². The molecule has 1 aliphatic heterocycles. The van der Waals surface area contributed by atoms with Gasteiger partial charge in [0.15, 0.2) is 0 Å². The van der Waals surface area contributed by atoms with Crippen LogP contribution < -0.4 is 10.6 Å². The topological polar surface area (TPSA) is 24.1 Å². The van der Waals surface area contributed by atoms with Gasteiger partial charge in [-0.1, -0.05) is 24.3 Å². The summed E-state index contributed by atoms with van der Waals surface area (Å²) >= 11 is 0. The lowest BCUT2D eigenvalue weighted by Gasteiger charge is -2.12. The van der Waals surface area contributed by atoms with Gasteiger partial charge < -0.3 is 10.6 Å². The molecule has 2 aromatic carbocycles. The van der Waals surface area contributed by atoms with Crippen molar-refractivity contribution in [3.63, 3.8) is 0 Å². The number of fused-ring (bicyclic) bond motifs is 1. The van der Waals surface area contributed by atoms with Crippen LogP contribution in [-0.2, 0) is 13.0 Å². The van der Waals surface area contributed by atoms with E-state index in [0.29, 0.717) is 12.2 Å². The van der Waals surface area contributed by atoms with E-state index in [-0.39, 0.29) is 5.82 Å². The van der Waals surface area contributed by atoms with Crippen molar-refractivity contribution in [2.24, 2.45) is 0 Å². The minimum atomic E-state index is -0.194. The number of hydrogen-bond acceptors (Lipinski definition) is 2. The number of benzene rings is 2. The van der Waals surface area contributed by atoms with E-state index in [1.54, 1.807) is 12.1 Å². The van der Waals surface area contributed by atoms with Gasteiger partial charge >= 0.3 is 0 Å². The molecule has 19 heavy (non-hydrogen) atoms. The normalized spacial score (nSPS) is 12.9. The van der Waals surface area contributed by atoms with E-state index < -0.39 is 0 Å². The molecule has 0 aromatic heterocycles. The van der Waals surface area contributed by atoms with Crippen LogP contribution in [0.3, 0.4) is 0 Å². The molecule has 2 nitrogen and oxygen atoms in total. The van der Waals surface area contributed by atoms with E-state index in [0.717, 1.165) is 18.5 Å². The smallest absolute Gasteiger partial charge is 0.146 e. The highest BCUT2D eigenvalue weighted by atomic mass is 19.1. The molecule has 2 N–H and O–H groups in total. The quantitative estimate of drug-likeness (QED) is 0.874. The standard InChI is InChI=1S/C16H17FN2/c1-11-5-6-15(14(17)9-11)19-10-13-4-2-3-12-7-8-18-16(12)13/h2-6,9,18-19H,7-8,10H2,1H3. The van der Waals surface area contributed by atoms with Gasteiger partial charge in [0.05, 0.1) is 5.69 Å². The molecular formula is C16H17FN2. The molecule has 3 rings (SSSR count). The molecule has 1 heterocycles. The summed E-state index contributed by atoms with van der Waals surface area (Å²) in [5, 5.41) is 6.57. The van der Waals surface area contributed by atoms with Gasteiger partial charge in [-0.3, -0.25) is 0 Å². The largest absolute Gasteiger partial charge is 0.384 e. The highest BCUT2D eigenvalue weighted by Gasteiger charge is 2.13. The van der Waals surface area contributed by atoms with Crippen LogP contribution in [0.1, 0.15) is 16.7 Å². The Bertz CT molecular complexity index is 608. The summed E-state index contributed by atoms with van der Waals surface area (Å²) in [6.07, 6.45) is 1.07. The first kappa shape index (κ1) is 12.0. The highest BCUT2D eigenvalue weighted by Crippen LogP contribution is 2.27. The fraction of sp³-hybridized carbons (Fsp3) is 0.250. The van der Waals surface area contributed by atoms with Crippen LogP contribution in [0.2, 0.25) is 0 Å². The Morgan fingerprint density at radius 2 is 2.16 bits per heavy atom. The molecule has 0 saturated heterocycles. The van der Waals surface area contributed by atoms with Crippen LogP contribution >= 0.6 is 0 Å². The van der Waals surface area contributed by atoms with Crippen LogP contribution in [0.5, 0.6) is 0 Å². The van der Waals surface area contributed by atoms with Gasteiger partial charge in [-0.05, 0) is 42.2 Å². The number of halogens is 1. The van der Waals surface area contributed by atoms with E-state index >= 15 is 0 Å². The summed E-state index contributed by atoms with van der Waals surface area (Å²) in [5.41, 5.74) is 5.24. The maximum absolute atomic E-state index is 13.7. The van der Waals surface area contributed by atoms with Gasteiger partial charge in [-0.2, -0.15) is 0 Å². The van der Waals surface area contributed by atoms with Gasteiger partial charge in [0.1, 0.15) is 5.82 Å². The van der Waals surface area contributed by atoms with Crippen molar-refractivity contribution < 1.29 is 4.39 Å². The Labute approximate surface area is 112 Å². The van der Waals surface area contributed by atoms with Crippen LogP contribution in [0.4, 0.5) is 15.8 Å². The minimum absolute atomic E-state index is 0.194. The zero-order valence-electron chi connectivity index (χ0n) is 11.0. The molecule has 0 atom stereocenters. The summed E-state index contributed by atoms with van der Waals surface area (Å²) in [6, 6.07) is 11.5. The molecular weight excluding hydrogens is 239 g/mol. The Kier molecular flexibility index (Phi) is 3.11. The maximum Gasteiger partial charge on any atom is 0.146 e. The van der Waals surface area contributed by atoms with Gasteiger partial charge in [0.2, 0.25) is 0 Å². The molecule has 1 aliphatic rings. The zero-order valence-corrected chi connectivity index (χ0v) is 11.0. The molecule has 0 bridgehead atoms. The second-order valence-electron chi connectivity index (χ2n) is 4.96. The number of para-hydroxylation sites is 1. The van der Waals surface area contributed by atoms with Gasteiger partial charge in [-0.25, -0.2) is 4.39 Å². The monoisotopic (exact) mass is 256 g/mol. The fourth-order valence-corrected chi connectivity index (χ4v) is 2.51. The maximum atomic E-state index is 13.7. The van der Waals surface area contributed by atoms with Crippen LogP contribution in [-0.4, -0.2) is 6.54 Å². The molecule has 0 radical (unpaired) electrons. The highest BCUT2D eigenvalue weighted by molar-refractivity contribution is 5.62. The molecule has 3 heteroatoms. The summed E-state index contributed by atoms with van der Waals surface area (Å²) in [5.74, 6) is -0.194. The fourth-order valence-electron chi connectivity index (χ4n) is 2.51. The van der Waals surface area contributed by atoms with Crippen LogP contribution in [0.25, 0.3) is 0 Å². The van der Waals surface area contributed by atoms with E-state index in [1.807, 2.05) is 13.0 Å². The third-order valence-corrected chi connectivity index (χ3v) is 3.53. The van der Waals surface area contributed by atoms with Crippen molar-refractivity contribution in [2.75, 3.05) is 17.2 Å². The molecule has 2 aromatic rings. The lowest BCUT2D eigenvalue weighted by Crippen LogP contribution is -2.04. The molecule has 0 unspecified atom stereocenters. The van der Waals surface area contributed by atoms with Crippen molar-refractivity contribution >= 4 is 11.4 Å². The second-order valence-corrected chi connectivity index (χ2v) is 4.96.